The Morgan fingerprint density at radius 3 is 2.43 bits per heavy atom. The molecule has 0 N–H and O–H groups in total. The van der Waals surface area contributed by atoms with Crippen molar-refractivity contribution in [2.24, 2.45) is 5.92 Å². The van der Waals surface area contributed by atoms with Gasteiger partial charge >= 0.3 is 0 Å². The van der Waals surface area contributed by atoms with Crippen LogP contribution in [0.4, 0.5) is 0 Å². The Hall–Kier alpha value is -1.68. The summed E-state index contributed by atoms with van der Waals surface area (Å²) in [6.45, 7) is 4.71. The third-order valence-electron chi connectivity index (χ3n) is 5.07. The van der Waals surface area contributed by atoms with Crippen LogP contribution in [0.3, 0.4) is 0 Å². The van der Waals surface area contributed by atoms with Gasteiger partial charge in [0.15, 0.2) is 5.78 Å². The van der Waals surface area contributed by atoms with Crippen LogP contribution in [0.5, 0.6) is 0 Å². The number of rotatable bonds is 4. The van der Waals surface area contributed by atoms with Gasteiger partial charge < -0.3 is 4.90 Å². The summed E-state index contributed by atoms with van der Waals surface area (Å²) in [6.07, 6.45) is 2.02. The number of fused-ring (bicyclic) bond motifs is 1. The standard InChI is InChI=1S/C17H20N2O2/c1-17(2)18(10-11-6-4-3-5-7-11)16(21)14-13(19(14)17)15(20)12-8-9-12/h3-7,12-14H,8-10H2,1-2H3/t13-,14+,19?/m1/s1. The van der Waals surface area contributed by atoms with Crippen LogP contribution in [0.2, 0.25) is 0 Å². The molecule has 2 heterocycles. The molecule has 2 saturated heterocycles. The quantitative estimate of drug-likeness (QED) is 0.792. The van der Waals surface area contributed by atoms with Gasteiger partial charge in [-0.25, -0.2) is 0 Å². The fourth-order valence-corrected chi connectivity index (χ4v) is 3.67. The van der Waals surface area contributed by atoms with Crippen molar-refractivity contribution in [3.63, 3.8) is 0 Å². The maximum absolute atomic E-state index is 12.7. The largest absolute Gasteiger partial charge is 0.319 e. The topological polar surface area (TPSA) is 40.4 Å². The number of benzene rings is 1. The van der Waals surface area contributed by atoms with E-state index in [0.717, 1.165) is 18.4 Å². The van der Waals surface area contributed by atoms with Crippen LogP contribution in [-0.4, -0.2) is 39.2 Å². The van der Waals surface area contributed by atoms with Gasteiger partial charge in [0.1, 0.15) is 6.04 Å². The number of ketones is 1. The number of nitrogens with zero attached hydrogens (tertiary/aromatic N) is 2. The molecule has 3 atom stereocenters. The Morgan fingerprint density at radius 1 is 1.24 bits per heavy atom. The zero-order chi connectivity index (χ0) is 14.8. The average molecular weight is 284 g/mol. The van der Waals surface area contributed by atoms with E-state index in [1.54, 1.807) is 0 Å². The molecular weight excluding hydrogens is 264 g/mol. The van der Waals surface area contributed by atoms with E-state index < -0.39 is 0 Å². The maximum atomic E-state index is 12.7. The summed E-state index contributed by atoms with van der Waals surface area (Å²) in [5.41, 5.74) is 0.763. The van der Waals surface area contributed by atoms with Crippen LogP contribution >= 0.6 is 0 Å². The molecule has 1 aromatic carbocycles. The van der Waals surface area contributed by atoms with Gasteiger partial charge in [-0.1, -0.05) is 30.3 Å². The summed E-state index contributed by atoms with van der Waals surface area (Å²) in [6, 6.07) is 9.69. The van der Waals surface area contributed by atoms with Crippen LogP contribution in [-0.2, 0) is 16.1 Å². The van der Waals surface area contributed by atoms with Gasteiger partial charge in [-0.3, -0.25) is 14.5 Å². The first-order chi connectivity index (χ1) is 10.0. The van der Waals surface area contributed by atoms with Crippen molar-refractivity contribution >= 4 is 11.7 Å². The fourth-order valence-electron chi connectivity index (χ4n) is 3.67. The van der Waals surface area contributed by atoms with Gasteiger partial charge in [-0.15, -0.1) is 0 Å². The SMILES string of the molecule is CC1(C)N(Cc2ccccc2)C(=O)[C@@H]2[C@H](C(=O)C3CC3)N21. The number of hydrogen-bond acceptors (Lipinski definition) is 3. The molecule has 1 aliphatic carbocycles. The first-order valence-electron chi connectivity index (χ1n) is 7.69. The molecule has 1 saturated carbocycles. The second-order valence-electron chi connectivity index (χ2n) is 6.88. The molecule has 1 amide bonds. The highest BCUT2D eigenvalue weighted by atomic mass is 16.2. The molecule has 4 nitrogen and oxygen atoms in total. The molecule has 0 aromatic heterocycles. The summed E-state index contributed by atoms with van der Waals surface area (Å²) in [5, 5.41) is 0. The molecule has 3 aliphatic rings. The minimum absolute atomic E-state index is 0.114. The molecule has 1 unspecified atom stereocenters. The summed E-state index contributed by atoms with van der Waals surface area (Å²) >= 11 is 0. The van der Waals surface area contributed by atoms with E-state index in [2.05, 4.69) is 4.90 Å². The summed E-state index contributed by atoms with van der Waals surface area (Å²) in [7, 11) is 0. The zero-order valence-electron chi connectivity index (χ0n) is 12.5. The lowest BCUT2D eigenvalue weighted by Crippen LogP contribution is -2.50. The lowest BCUT2D eigenvalue weighted by atomic mass is 10.1. The maximum Gasteiger partial charge on any atom is 0.243 e. The van der Waals surface area contributed by atoms with Gasteiger partial charge in [0.05, 0.1) is 11.7 Å². The average Bonchev–Trinajstić information content (AvgIpc) is 3.36. The van der Waals surface area contributed by atoms with Crippen molar-refractivity contribution in [3.8, 4) is 0 Å². The predicted octanol–water partition coefficient (Wildman–Crippen LogP) is 1.80. The molecule has 21 heavy (non-hydrogen) atoms. The highest BCUT2D eigenvalue weighted by molar-refractivity contribution is 6.02. The molecule has 4 heteroatoms. The fraction of sp³-hybridized carbons (Fsp3) is 0.529. The lowest BCUT2D eigenvalue weighted by molar-refractivity contribution is -0.136. The molecule has 110 valence electrons. The molecule has 0 bridgehead atoms. The first-order valence-corrected chi connectivity index (χ1v) is 7.69. The number of amides is 1. The minimum Gasteiger partial charge on any atom is -0.319 e. The van der Waals surface area contributed by atoms with E-state index >= 15 is 0 Å². The number of Topliss-reactive ketones (excluding diaryl/α,β-unsaturated/α-hetero) is 1. The second kappa shape index (κ2) is 4.17. The van der Waals surface area contributed by atoms with E-state index in [9.17, 15) is 9.59 Å². The molecule has 0 radical (unpaired) electrons. The molecule has 3 fully saturated rings. The van der Waals surface area contributed by atoms with Gasteiger partial charge in [0.25, 0.3) is 0 Å². The Kier molecular flexibility index (Phi) is 2.58. The number of carbonyl (C=O) groups excluding carboxylic acids is 2. The van der Waals surface area contributed by atoms with Crippen LogP contribution < -0.4 is 0 Å². The van der Waals surface area contributed by atoms with Crippen LogP contribution in [0, 0.1) is 5.92 Å². The smallest absolute Gasteiger partial charge is 0.243 e. The zero-order valence-corrected chi connectivity index (χ0v) is 12.5. The summed E-state index contributed by atoms with van der Waals surface area (Å²) < 4.78 is 0. The van der Waals surface area contributed by atoms with E-state index in [1.165, 1.54) is 0 Å². The molecule has 4 rings (SSSR count). The van der Waals surface area contributed by atoms with Gasteiger partial charge in [0, 0.05) is 12.5 Å². The predicted molar refractivity (Wildman–Crippen MR) is 78.2 cm³/mol. The van der Waals surface area contributed by atoms with Crippen LogP contribution in [0.25, 0.3) is 0 Å². The van der Waals surface area contributed by atoms with Gasteiger partial charge in [-0.2, -0.15) is 0 Å². The molecular formula is C17H20N2O2. The number of hydrogen-bond donors (Lipinski definition) is 0. The third-order valence-corrected chi connectivity index (χ3v) is 5.07. The summed E-state index contributed by atoms with van der Waals surface area (Å²) in [4.78, 5) is 28.9. The van der Waals surface area contributed by atoms with Crippen molar-refractivity contribution < 1.29 is 9.59 Å². The van der Waals surface area contributed by atoms with Crippen LogP contribution in [0.1, 0.15) is 32.3 Å². The van der Waals surface area contributed by atoms with Gasteiger partial charge in [-0.05, 0) is 32.3 Å². The second-order valence-corrected chi connectivity index (χ2v) is 6.88. The van der Waals surface area contributed by atoms with Gasteiger partial charge in [0.2, 0.25) is 5.91 Å². The highest BCUT2D eigenvalue weighted by Gasteiger charge is 2.71. The van der Waals surface area contributed by atoms with Crippen molar-refractivity contribution in [1.29, 1.82) is 0 Å². The Labute approximate surface area is 124 Å². The number of carbonyl (C=O) groups is 2. The Morgan fingerprint density at radius 2 is 1.90 bits per heavy atom. The Bertz CT molecular complexity index is 606. The first kappa shape index (κ1) is 13.0. The van der Waals surface area contributed by atoms with E-state index in [0.29, 0.717) is 12.3 Å². The third kappa shape index (κ3) is 1.85. The van der Waals surface area contributed by atoms with E-state index in [1.807, 2.05) is 49.1 Å². The lowest BCUT2D eigenvalue weighted by Gasteiger charge is -2.36. The highest BCUT2D eigenvalue weighted by Crippen LogP contribution is 2.50. The van der Waals surface area contributed by atoms with Crippen molar-refractivity contribution in [2.75, 3.05) is 0 Å². The van der Waals surface area contributed by atoms with E-state index in [-0.39, 0.29) is 29.6 Å². The Balaban J connectivity index is 1.54. The normalized spacial score (nSPS) is 33.0. The molecule has 0 spiro atoms. The van der Waals surface area contributed by atoms with Crippen molar-refractivity contribution in [2.45, 2.75) is 51.0 Å². The summed E-state index contributed by atoms with van der Waals surface area (Å²) in [5.74, 6) is 0.635. The molecule has 2 aliphatic heterocycles. The van der Waals surface area contributed by atoms with Crippen LogP contribution in [0.15, 0.2) is 30.3 Å². The van der Waals surface area contributed by atoms with E-state index in [4.69, 9.17) is 0 Å². The molecule has 1 aromatic rings. The monoisotopic (exact) mass is 284 g/mol. The minimum atomic E-state index is -0.368. The van der Waals surface area contributed by atoms with Crippen molar-refractivity contribution in [3.05, 3.63) is 35.9 Å². The van der Waals surface area contributed by atoms with Crippen molar-refractivity contribution in [1.82, 2.24) is 9.80 Å².